The Morgan fingerprint density at radius 1 is 0.923 bits per heavy atom. The van der Waals surface area contributed by atoms with E-state index in [1.165, 1.54) is 0 Å². The first-order chi connectivity index (χ1) is 12.6. The average molecular weight is 345 g/mol. The van der Waals surface area contributed by atoms with Crippen LogP contribution in [0.3, 0.4) is 0 Å². The zero-order valence-electron chi connectivity index (χ0n) is 15.3. The van der Waals surface area contributed by atoms with E-state index in [-0.39, 0.29) is 17.6 Å². The molecule has 3 heteroatoms. The van der Waals surface area contributed by atoms with E-state index in [9.17, 15) is 9.59 Å². The van der Waals surface area contributed by atoms with Crippen molar-refractivity contribution in [2.75, 3.05) is 4.90 Å². The van der Waals surface area contributed by atoms with Gasteiger partial charge in [-0.15, -0.1) is 0 Å². The molecule has 1 amide bonds. The van der Waals surface area contributed by atoms with Crippen molar-refractivity contribution in [2.45, 2.75) is 45.4 Å². The van der Waals surface area contributed by atoms with Gasteiger partial charge in [0.2, 0.25) is 5.91 Å². The minimum absolute atomic E-state index is 0.0792. The number of rotatable bonds is 2. The van der Waals surface area contributed by atoms with Gasteiger partial charge in [0, 0.05) is 35.7 Å². The number of carbonyl (C=O) groups excluding carboxylic acids is 2. The topological polar surface area (TPSA) is 37.4 Å². The summed E-state index contributed by atoms with van der Waals surface area (Å²) in [5.41, 5.74) is 6.03. The molecule has 0 fully saturated rings. The van der Waals surface area contributed by atoms with E-state index < -0.39 is 0 Å². The zero-order valence-corrected chi connectivity index (χ0v) is 15.3. The number of hydrogen-bond acceptors (Lipinski definition) is 2. The van der Waals surface area contributed by atoms with Crippen LogP contribution in [0.25, 0.3) is 0 Å². The van der Waals surface area contributed by atoms with Crippen LogP contribution < -0.4 is 4.90 Å². The first kappa shape index (κ1) is 16.8. The van der Waals surface area contributed by atoms with Crippen LogP contribution in [0, 0.1) is 13.8 Å². The lowest BCUT2D eigenvalue weighted by Gasteiger charge is -2.38. The van der Waals surface area contributed by atoms with Crippen molar-refractivity contribution in [3.8, 4) is 0 Å². The first-order valence-corrected chi connectivity index (χ1v) is 9.27. The summed E-state index contributed by atoms with van der Waals surface area (Å²) in [7, 11) is 0. The maximum atomic E-state index is 13.1. The van der Waals surface area contributed by atoms with E-state index in [0.29, 0.717) is 12.8 Å². The molecule has 2 aromatic rings. The van der Waals surface area contributed by atoms with Gasteiger partial charge in [-0.1, -0.05) is 42.0 Å². The fourth-order valence-corrected chi connectivity index (χ4v) is 4.23. The fourth-order valence-electron chi connectivity index (χ4n) is 4.23. The predicted molar refractivity (Wildman–Crippen MR) is 103 cm³/mol. The molecule has 3 nitrogen and oxygen atoms in total. The van der Waals surface area contributed by atoms with E-state index in [4.69, 9.17) is 0 Å². The van der Waals surface area contributed by atoms with Crippen molar-refractivity contribution >= 4 is 17.4 Å². The Hall–Kier alpha value is -2.68. The number of hydrogen-bond donors (Lipinski definition) is 0. The summed E-state index contributed by atoms with van der Waals surface area (Å²) in [6.07, 6.45) is 2.53. The molecule has 1 atom stereocenters. The lowest BCUT2D eigenvalue weighted by atomic mass is 9.76. The molecule has 1 aliphatic heterocycles. The van der Waals surface area contributed by atoms with Crippen LogP contribution in [0.15, 0.2) is 59.8 Å². The molecule has 0 spiro atoms. The molecule has 0 saturated carbocycles. The van der Waals surface area contributed by atoms with E-state index >= 15 is 0 Å². The molecule has 1 heterocycles. The van der Waals surface area contributed by atoms with Gasteiger partial charge in [0.1, 0.15) is 0 Å². The average Bonchev–Trinajstić information content (AvgIpc) is 2.63. The number of allylic oxidation sites excluding steroid dienone is 2. The van der Waals surface area contributed by atoms with Crippen LogP contribution in [-0.4, -0.2) is 11.7 Å². The summed E-state index contributed by atoms with van der Waals surface area (Å²) in [5.74, 6) is 0.160. The molecule has 1 aliphatic carbocycles. The minimum atomic E-state index is -0.117. The van der Waals surface area contributed by atoms with Crippen LogP contribution in [0.1, 0.15) is 48.3 Å². The second-order valence-corrected chi connectivity index (χ2v) is 7.32. The molecular formula is C23H23NO2. The lowest BCUT2D eigenvalue weighted by Crippen LogP contribution is -2.40. The maximum absolute atomic E-state index is 13.1. The first-order valence-electron chi connectivity index (χ1n) is 9.27. The molecule has 2 aromatic carbocycles. The number of amides is 1. The molecule has 26 heavy (non-hydrogen) atoms. The van der Waals surface area contributed by atoms with Gasteiger partial charge in [-0.25, -0.2) is 0 Å². The number of carbonyl (C=O) groups is 2. The van der Waals surface area contributed by atoms with Gasteiger partial charge >= 0.3 is 0 Å². The summed E-state index contributed by atoms with van der Waals surface area (Å²) >= 11 is 0. The largest absolute Gasteiger partial charge is 0.294 e. The van der Waals surface area contributed by atoms with Crippen molar-refractivity contribution in [1.82, 2.24) is 0 Å². The number of anilines is 1. The Morgan fingerprint density at radius 2 is 1.65 bits per heavy atom. The van der Waals surface area contributed by atoms with E-state index in [2.05, 4.69) is 19.1 Å². The summed E-state index contributed by atoms with van der Waals surface area (Å²) in [6.45, 7) is 4.09. The number of aryl methyl sites for hydroxylation is 2. The van der Waals surface area contributed by atoms with Gasteiger partial charge in [0.05, 0.1) is 0 Å². The fraction of sp³-hybridized carbons (Fsp3) is 0.304. The van der Waals surface area contributed by atoms with Crippen LogP contribution in [-0.2, 0) is 9.59 Å². The molecule has 132 valence electrons. The molecule has 2 aliphatic rings. The second kappa shape index (κ2) is 6.56. The maximum Gasteiger partial charge on any atom is 0.232 e. The van der Waals surface area contributed by atoms with Crippen molar-refractivity contribution in [2.24, 2.45) is 0 Å². The van der Waals surface area contributed by atoms with Crippen molar-refractivity contribution in [3.05, 3.63) is 76.5 Å². The zero-order chi connectivity index (χ0) is 18.3. The Bertz CT molecular complexity index is 908. The van der Waals surface area contributed by atoms with E-state index in [1.807, 2.05) is 43.3 Å². The van der Waals surface area contributed by atoms with Crippen LogP contribution in [0.5, 0.6) is 0 Å². The molecule has 0 radical (unpaired) electrons. The Labute approximate surface area is 154 Å². The summed E-state index contributed by atoms with van der Waals surface area (Å²) in [6, 6.07) is 16.1. The quantitative estimate of drug-likeness (QED) is 0.782. The molecule has 0 aromatic heterocycles. The second-order valence-electron chi connectivity index (χ2n) is 7.32. The van der Waals surface area contributed by atoms with Gasteiger partial charge in [0.15, 0.2) is 5.78 Å². The molecule has 4 rings (SSSR count). The lowest BCUT2D eigenvalue weighted by molar-refractivity contribution is -0.119. The summed E-state index contributed by atoms with van der Waals surface area (Å²) < 4.78 is 0. The highest BCUT2D eigenvalue weighted by molar-refractivity contribution is 6.07. The molecule has 0 saturated heterocycles. The molecule has 1 unspecified atom stereocenters. The van der Waals surface area contributed by atoms with Crippen LogP contribution in [0.2, 0.25) is 0 Å². The molecule has 0 bridgehead atoms. The predicted octanol–water partition coefficient (Wildman–Crippen LogP) is 4.83. The van der Waals surface area contributed by atoms with Gasteiger partial charge in [-0.05, 0) is 49.9 Å². The summed E-state index contributed by atoms with van der Waals surface area (Å²) in [5, 5.41) is 0. The molecule has 0 N–H and O–H groups in total. The Balaban J connectivity index is 1.87. The third kappa shape index (κ3) is 2.78. The van der Waals surface area contributed by atoms with Gasteiger partial charge in [-0.3, -0.25) is 14.5 Å². The molecular weight excluding hydrogens is 322 g/mol. The number of ketones is 1. The van der Waals surface area contributed by atoms with E-state index in [0.717, 1.165) is 46.5 Å². The van der Waals surface area contributed by atoms with Gasteiger partial charge in [-0.2, -0.15) is 0 Å². The van der Waals surface area contributed by atoms with Crippen molar-refractivity contribution < 1.29 is 9.59 Å². The minimum Gasteiger partial charge on any atom is -0.294 e. The third-order valence-corrected chi connectivity index (χ3v) is 5.53. The highest BCUT2D eigenvalue weighted by Gasteiger charge is 2.39. The standard InChI is InChI=1S/C23H23NO2/c1-15-10-12-17(13-11-15)24-20-8-5-9-21(25)23(20)19(14-22(24)26)18-7-4-3-6-16(18)2/h3-4,6-7,10-13,19H,5,8-9,14H2,1-2H3. The SMILES string of the molecule is Cc1ccc(N2C(=O)CC(c3ccccc3C)C3=C2CCCC3=O)cc1. The number of benzene rings is 2. The van der Waals surface area contributed by atoms with Gasteiger partial charge < -0.3 is 0 Å². The highest BCUT2D eigenvalue weighted by Crippen LogP contribution is 2.43. The van der Waals surface area contributed by atoms with Gasteiger partial charge in [0.25, 0.3) is 0 Å². The van der Waals surface area contributed by atoms with Crippen LogP contribution in [0.4, 0.5) is 5.69 Å². The number of Topliss-reactive ketones (excluding diaryl/α,β-unsaturated/α-hetero) is 1. The summed E-state index contributed by atoms with van der Waals surface area (Å²) in [4.78, 5) is 27.8. The van der Waals surface area contributed by atoms with Crippen LogP contribution >= 0.6 is 0 Å². The highest BCUT2D eigenvalue weighted by atomic mass is 16.2. The Kier molecular flexibility index (Phi) is 4.23. The van der Waals surface area contributed by atoms with E-state index in [1.54, 1.807) is 4.90 Å². The monoisotopic (exact) mass is 345 g/mol. The van der Waals surface area contributed by atoms with Crippen molar-refractivity contribution in [3.63, 3.8) is 0 Å². The third-order valence-electron chi connectivity index (χ3n) is 5.53. The normalized spacial score (nSPS) is 20.4. The number of nitrogens with zero attached hydrogens (tertiary/aromatic N) is 1. The van der Waals surface area contributed by atoms with Crippen molar-refractivity contribution in [1.29, 1.82) is 0 Å². The smallest absolute Gasteiger partial charge is 0.232 e. The Morgan fingerprint density at radius 3 is 2.38 bits per heavy atom.